The molecular formula is C24H27NO2. The van der Waals surface area contributed by atoms with Crippen molar-refractivity contribution in [2.75, 3.05) is 0 Å². The monoisotopic (exact) mass is 361 g/mol. The SMILES string of the molecule is CCCCC(CC)Cc1c(C=C(C#N)C(=O)O)cccc1-c1ccccc1. The molecule has 27 heavy (non-hydrogen) atoms. The molecule has 0 radical (unpaired) electrons. The largest absolute Gasteiger partial charge is 0.477 e. The summed E-state index contributed by atoms with van der Waals surface area (Å²) in [6, 6.07) is 17.9. The van der Waals surface area contributed by atoms with Crippen LogP contribution in [0.1, 0.15) is 50.7 Å². The maximum Gasteiger partial charge on any atom is 0.346 e. The van der Waals surface area contributed by atoms with Crippen molar-refractivity contribution >= 4 is 12.0 Å². The molecule has 0 aromatic heterocycles. The van der Waals surface area contributed by atoms with Crippen molar-refractivity contribution in [1.82, 2.24) is 0 Å². The van der Waals surface area contributed by atoms with Crippen molar-refractivity contribution in [3.63, 3.8) is 0 Å². The maximum atomic E-state index is 11.3. The molecule has 0 amide bonds. The third kappa shape index (κ3) is 5.56. The Bertz CT molecular complexity index is 831. The summed E-state index contributed by atoms with van der Waals surface area (Å²) in [7, 11) is 0. The van der Waals surface area contributed by atoms with Crippen molar-refractivity contribution in [3.05, 3.63) is 65.2 Å². The highest BCUT2D eigenvalue weighted by Gasteiger charge is 2.16. The number of hydrogen-bond acceptors (Lipinski definition) is 2. The van der Waals surface area contributed by atoms with Gasteiger partial charge < -0.3 is 5.11 Å². The summed E-state index contributed by atoms with van der Waals surface area (Å²) in [6.45, 7) is 4.41. The summed E-state index contributed by atoms with van der Waals surface area (Å²) in [6.07, 6.45) is 6.99. The van der Waals surface area contributed by atoms with Gasteiger partial charge in [-0.2, -0.15) is 5.26 Å². The normalized spacial score (nSPS) is 12.4. The van der Waals surface area contributed by atoms with E-state index in [1.807, 2.05) is 30.3 Å². The molecule has 0 saturated carbocycles. The molecule has 0 spiro atoms. The lowest BCUT2D eigenvalue weighted by Gasteiger charge is -2.20. The smallest absolute Gasteiger partial charge is 0.346 e. The Morgan fingerprint density at radius 3 is 2.48 bits per heavy atom. The fourth-order valence-corrected chi connectivity index (χ4v) is 3.39. The Labute approximate surface area is 162 Å². The van der Waals surface area contributed by atoms with Crippen LogP contribution in [0.4, 0.5) is 0 Å². The Balaban J connectivity index is 2.56. The van der Waals surface area contributed by atoms with Crippen LogP contribution in [0.15, 0.2) is 54.1 Å². The van der Waals surface area contributed by atoms with Crippen molar-refractivity contribution in [1.29, 1.82) is 5.26 Å². The molecule has 2 rings (SSSR count). The van der Waals surface area contributed by atoms with E-state index in [0.29, 0.717) is 5.92 Å². The summed E-state index contributed by atoms with van der Waals surface area (Å²) in [5.74, 6) is -0.649. The molecule has 0 aliphatic carbocycles. The number of nitriles is 1. The number of carbonyl (C=O) groups is 1. The number of carboxylic acids is 1. The summed E-state index contributed by atoms with van der Waals surface area (Å²) in [4.78, 5) is 11.3. The van der Waals surface area contributed by atoms with Crippen LogP contribution in [-0.4, -0.2) is 11.1 Å². The molecule has 0 fully saturated rings. The van der Waals surface area contributed by atoms with Gasteiger partial charge in [-0.25, -0.2) is 4.79 Å². The summed E-state index contributed by atoms with van der Waals surface area (Å²) in [5.41, 5.74) is 3.94. The van der Waals surface area contributed by atoms with Crippen LogP contribution in [0.3, 0.4) is 0 Å². The highest BCUT2D eigenvalue weighted by Crippen LogP contribution is 2.31. The number of nitrogens with zero attached hydrogens (tertiary/aromatic N) is 1. The molecule has 140 valence electrons. The van der Waals surface area contributed by atoms with Crippen LogP contribution in [0.2, 0.25) is 0 Å². The molecule has 1 N–H and O–H groups in total. The van der Waals surface area contributed by atoms with E-state index in [1.165, 1.54) is 18.9 Å². The highest BCUT2D eigenvalue weighted by atomic mass is 16.4. The summed E-state index contributed by atoms with van der Waals surface area (Å²) in [5, 5.41) is 18.4. The fraction of sp³-hybridized carbons (Fsp3) is 0.333. The lowest BCUT2D eigenvalue weighted by Crippen LogP contribution is -2.07. The number of rotatable bonds is 9. The first kappa shape index (κ1) is 20.5. The first-order valence-electron chi connectivity index (χ1n) is 9.63. The van der Waals surface area contributed by atoms with E-state index in [0.717, 1.165) is 41.5 Å². The second-order valence-corrected chi connectivity index (χ2v) is 6.83. The van der Waals surface area contributed by atoms with E-state index >= 15 is 0 Å². The minimum atomic E-state index is -1.19. The van der Waals surface area contributed by atoms with Gasteiger partial charge >= 0.3 is 5.97 Å². The summed E-state index contributed by atoms with van der Waals surface area (Å²) >= 11 is 0. The second-order valence-electron chi connectivity index (χ2n) is 6.83. The molecule has 0 saturated heterocycles. The van der Waals surface area contributed by atoms with E-state index in [4.69, 9.17) is 0 Å². The Kier molecular flexibility index (Phi) is 7.82. The number of hydrogen-bond donors (Lipinski definition) is 1. The van der Waals surface area contributed by atoms with Gasteiger partial charge in [0, 0.05) is 0 Å². The average molecular weight is 361 g/mol. The van der Waals surface area contributed by atoms with Crippen molar-refractivity contribution in [2.45, 2.75) is 46.0 Å². The van der Waals surface area contributed by atoms with Gasteiger partial charge in [-0.1, -0.05) is 88.1 Å². The lowest BCUT2D eigenvalue weighted by atomic mass is 9.85. The Morgan fingerprint density at radius 1 is 1.15 bits per heavy atom. The standard InChI is InChI=1S/C24H27NO2/c1-3-5-10-18(4-2)15-23-20(16-21(17-25)24(26)27)13-9-14-22(23)19-11-7-6-8-12-19/h6-9,11-14,16,18H,3-5,10,15H2,1-2H3,(H,26,27). The van der Waals surface area contributed by atoms with E-state index < -0.39 is 5.97 Å². The van der Waals surface area contributed by atoms with Crippen LogP contribution in [0, 0.1) is 17.2 Å². The Morgan fingerprint density at radius 2 is 1.89 bits per heavy atom. The van der Waals surface area contributed by atoms with Gasteiger partial charge in [-0.3, -0.25) is 0 Å². The van der Waals surface area contributed by atoms with Gasteiger partial charge in [0.25, 0.3) is 0 Å². The zero-order valence-electron chi connectivity index (χ0n) is 16.1. The Hall–Kier alpha value is -2.86. The predicted octanol–water partition coefficient (Wildman–Crippen LogP) is 6.10. The van der Waals surface area contributed by atoms with E-state index in [1.54, 1.807) is 6.07 Å². The molecular weight excluding hydrogens is 334 g/mol. The molecule has 2 aromatic carbocycles. The number of aliphatic carboxylic acids is 1. The molecule has 3 heteroatoms. The second kappa shape index (κ2) is 10.3. The average Bonchev–Trinajstić information content (AvgIpc) is 2.70. The molecule has 3 nitrogen and oxygen atoms in total. The third-order valence-electron chi connectivity index (χ3n) is 4.98. The minimum absolute atomic E-state index is 0.233. The van der Waals surface area contributed by atoms with E-state index in [2.05, 4.69) is 32.0 Å². The van der Waals surface area contributed by atoms with Crippen molar-refractivity contribution in [3.8, 4) is 17.2 Å². The topological polar surface area (TPSA) is 61.1 Å². The van der Waals surface area contributed by atoms with Crippen LogP contribution < -0.4 is 0 Å². The van der Waals surface area contributed by atoms with Crippen LogP contribution in [0.25, 0.3) is 17.2 Å². The molecule has 2 aromatic rings. The lowest BCUT2D eigenvalue weighted by molar-refractivity contribution is -0.132. The van der Waals surface area contributed by atoms with Gasteiger partial charge in [-0.05, 0) is 40.7 Å². The molecule has 0 heterocycles. The zero-order chi connectivity index (χ0) is 19.6. The van der Waals surface area contributed by atoms with Crippen LogP contribution in [0.5, 0.6) is 0 Å². The van der Waals surface area contributed by atoms with Gasteiger partial charge in [0.05, 0.1) is 0 Å². The molecule has 1 unspecified atom stereocenters. The molecule has 0 aliphatic heterocycles. The van der Waals surface area contributed by atoms with Crippen molar-refractivity contribution < 1.29 is 9.90 Å². The molecule has 1 atom stereocenters. The fourth-order valence-electron chi connectivity index (χ4n) is 3.39. The number of benzene rings is 2. The summed E-state index contributed by atoms with van der Waals surface area (Å²) < 4.78 is 0. The molecule has 0 aliphatic rings. The van der Waals surface area contributed by atoms with Gasteiger partial charge in [0.15, 0.2) is 0 Å². The van der Waals surface area contributed by atoms with Crippen molar-refractivity contribution in [2.24, 2.45) is 5.92 Å². The zero-order valence-corrected chi connectivity index (χ0v) is 16.1. The predicted molar refractivity (Wildman–Crippen MR) is 110 cm³/mol. The van der Waals surface area contributed by atoms with Gasteiger partial charge in [-0.15, -0.1) is 0 Å². The number of carboxylic acid groups (broad SMARTS) is 1. The van der Waals surface area contributed by atoms with E-state index in [9.17, 15) is 15.2 Å². The number of unbranched alkanes of at least 4 members (excludes halogenated alkanes) is 1. The first-order chi connectivity index (χ1) is 13.1. The quantitative estimate of drug-likeness (QED) is 0.433. The molecule has 0 bridgehead atoms. The van der Waals surface area contributed by atoms with Gasteiger partial charge in [0.1, 0.15) is 11.6 Å². The minimum Gasteiger partial charge on any atom is -0.477 e. The van der Waals surface area contributed by atoms with Gasteiger partial charge in [0.2, 0.25) is 0 Å². The maximum absolute atomic E-state index is 11.3. The van der Waals surface area contributed by atoms with Crippen LogP contribution in [-0.2, 0) is 11.2 Å². The third-order valence-corrected chi connectivity index (χ3v) is 4.98. The first-order valence-corrected chi connectivity index (χ1v) is 9.63. The highest BCUT2D eigenvalue weighted by molar-refractivity contribution is 5.97. The van der Waals surface area contributed by atoms with Crippen LogP contribution >= 0.6 is 0 Å². The van der Waals surface area contributed by atoms with E-state index in [-0.39, 0.29) is 5.57 Å².